The fourth-order valence-electron chi connectivity index (χ4n) is 1.53. The highest BCUT2D eigenvalue weighted by Crippen LogP contribution is 2.33. The predicted octanol–water partition coefficient (Wildman–Crippen LogP) is 2.59. The Morgan fingerprint density at radius 3 is 2.95 bits per heavy atom. The van der Waals surface area contributed by atoms with Crippen LogP contribution in [-0.4, -0.2) is 32.0 Å². The van der Waals surface area contributed by atoms with Crippen molar-refractivity contribution in [3.05, 3.63) is 29.7 Å². The number of pyridine rings is 1. The molecule has 0 radical (unpaired) electrons. The number of halogens is 1. The van der Waals surface area contributed by atoms with E-state index in [1.807, 2.05) is 0 Å². The van der Waals surface area contributed by atoms with Gasteiger partial charge in [-0.25, -0.2) is 15.0 Å². The number of hydrogen-bond donors (Lipinski definition) is 2. The standard InChI is InChI=1S/C11H9ClN6S/c1-13-11-17-8-7(15-5-16-8)10(18-11)19-9-6(12)3-2-4-14-9/h2-5H,1H3,(H2,13,15,16,17,18). The molecule has 19 heavy (non-hydrogen) atoms. The maximum absolute atomic E-state index is 6.10. The van der Waals surface area contributed by atoms with Gasteiger partial charge < -0.3 is 10.3 Å². The number of fused-ring (bicyclic) bond motifs is 1. The molecule has 0 aliphatic carbocycles. The van der Waals surface area contributed by atoms with Gasteiger partial charge in [0.05, 0.1) is 11.3 Å². The minimum Gasteiger partial charge on any atom is -0.357 e. The van der Waals surface area contributed by atoms with Crippen LogP contribution in [-0.2, 0) is 0 Å². The van der Waals surface area contributed by atoms with Gasteiger partial charge in [-0.05, 0) is 23.9 Å². The molecule has 0 amide bonds. The second-order valence-electron chi connectivity index (χ2n) is 3.60. The topological polar surface area (TPSA) is 79.4 Å². The highest BCUT2D eigenvalue weighted by Gasteiger charge is 2.13. The van der Waals surface area contributed by atoms with E-state index < -0.39 is 0 Å². The summed E-state index contributed by atoms with van der Waals surface area (Å²) in [6.45, 7) is 0. The first kappa shape index (κ1) is 12.2. The summed E-state index contributed by atoms with van der Waals surface area (Å²) in [7, 11) is 1.76. The Hall–Kier alpha value is -1.86. The van der Waals surface area contributed by atoms with E-state index in [1.165, 1.54) is 11.8 Å². The Balaban J connectivity index is 2.09. The van der Waals surface area contributed by atoms with E-state index in [9.17, 15) is 0 Å². The third-order valence-corrected chi connectivity index (χ3v) is 3.82. The number of imidazole rings is 1. The maximum Gasteiger partial charge on any atom is 0.225 e. The SMILES string of the molecule is CNc1nc(Sc2ncccc2Cl)c2[nH]cnc2n1. The number of anilines is 1. The lowest BCUT2D eigenvalue weighted by atomic mass is 10.5. The van der Waals surface area contributed by atoms with Gasteiger partial charge in [-0.15, -0.1) is 0 Å². The summed E-state index contributed by atoms with van der Waals surface area (Å²) in [5, 5.41) is 4.92. The van der Waals surface area contributed by atoms with Gasteiger partial charge in [-0.1, -0.05) is 11.6 Å². The third-order valence-electron chi connectivity index (χ3n) is 2.39. The van der Waals surface area contributed by atoms with Crippen molar-refractivity contribution in [2.75, 3.05) is 12.4 Å². The highest BCUT2D eigenvalue weighted by atomic mass is 35.5. The van der Waals surface area contributed by atoms with E-state index in [2.05, 4.69) is 30.2 Å². The summed E-state index contributed by atoms with van der Waals surface area (Å²) < 4.78 is 0. The molecule has 0 saturated carbocycles. The van der Waals surface area contributed by atoms with Crippen molar-refractivity contribution in [2.45, 2.75) is 10.1 Å². The summed E-state index contributed by atoms with van der Waals surface area (Å²) >= 11 is 7.48. The van der Waals surface area contributed by atoms with Crippen LogP contribution in [0, 0.1) is 0 Å². The van der Waals surface area contributed by atoms with Gasteiger partial charge in [0.2, 0.25) is 5.95 Å². The lowest BCUT2D eigenvalue weighted by molar-refractivity contribution is 1.07. The van der Waals surface area contributed by atoms with E-state index in [0.29, 0.717) is 21.6 Å². The minimum absolute atomic E-state index is 0.508. The van der Waals surface area contributed by atoms with E-state index in [0.717, 1.165) is 10.5 Å². The van der Waals surface area contributed by atoms with E-state index in [1.54, 1.807) is 31.7 Å². The first-order valence-electron chi connectivity index (χ1n) is 5.45. The molecule has 2 N–H and O–H groups in total. The summed E-state index contributed by atoms with van der Waals surface area (Å²) in [6, 6.07) is 3.58. The summed E-state index contributed by atoms with van der Waals surface area (Å²) in [5.74, 6) is 0.508. The van der Waals surface area contributed by atoms with Crippen molar-refractivity contribution in [3.63, 3.8) is 0 Å². The van der Waals surface area contributed by atoms with Crippen molar-refractivity contribution in [1.82, 2.24) is 24.9 Å². The van der Waals surface area contributed by atoms with Crippen LogP contribution >= 0.6 is 23.4 Å². The fraction of sp³-hybridized carbons (Fsp3) is 0.0909. The van der Waals surface area contributed by atoms with Crippen LogP contribution in [0.25, 0.3) is 11.2 Å². The molecular formula is C11H9ClN6S. The quantitative estimate of drug-likeness (QED) is 0.722. The molecule has 0 bridgehead atoms. The third kappa shape index (κ3) is 2.34. The average molecular weight is 293 g/mol. The average Bonchev–Trinajstić information content (AvgIpc) is 2.89. The number of nitrogens with one attached hydrogen (secondary N) is 2. The molecule has 0 atom stereocenters. The smallest absolute Gasteiger partial charge is 0.225 e. The van der Waals surface area contributed by atoms with Crippen LogP contribution in [0.15, 0.2) is 34.7 Å². The first-order chi connectivity index (χ1) is 9.28. The van der Waals surface area contributed by atoms with Crippen molar-refractivity contribution < 1.29 is 0 Å². The maximum atomic E-state index is 6.10. The lowest BCUT2D eigenvalue weighted by Crippen LogP contribution is -1.98. The molecule has 0 saturated heterocycles. The number of rotatable bonds is 3. The molecule has 0 fully saturated rings. The Morgan fingerprint density at radius 2 is 2.16 bits per heavy atom. The molecule has 0 unspecified atom stereocenters. The minimum atomic E-state index is 0.508. The summed E-state index contributed by atoms with van der Waals surface area (Å²) in [6.07, 6.45) is 3.28. The Morgan fingerprint density at radius 1 is 1.26 bits per heavy atom. The molecule has 0 aromatic carbocycles. The van der Waals surface area contributed by atoms with Crippen LogP contribution in [0.5, 0.6) is 0 Å². The van der Waals surface area contributed by atoms with Crippen molar-refractivity contribution in [2.24, 2.45) is 0 Å². The zero-order valence-electron chi connectivity index (χ0n) is 9.88. The molecular weight excluding hydrogens is 284 g/mol. The van der Waals surface area contributed by atoms with E-state index >= 15 is 0 Å². The van der Waals surface area contributed by atoms with Crippen LogP contribution < -0.4 is 5.32 Å². The largest absolute Gasteiger partial charge is 0.357 e. The lowest BCUT2D eigenvalue weighted by Gasteiger charge is -2.05. The van der Waals surface area contributed by atoms with Crippen molar-refractivity contribution in [3.8, 4) is 0 Å². The van der Waals surface area contributed by atoms with Crippen LogP contribution in [0.1, 0.15) is 0 Å². The van der Waals surface area contributed by atoms with Gasteiger partial charge in [0.15, 0.2) is 5.65 Å². The van der Waals surface area contributed by atoms with Crippen molar-refractivity contribution >= 4 is 40.5 Å². The molecule has 0 spiro atoms. The van der Waals surface area contributed by atoms with Gasteiger partial charge in [-0.2, -0.15) is 4.98 Å². The Kier molecular flexibility index (Phi) is 3.22. The molecule has 3 rings (SSSR count). The molecule has 3 aromatic rings. The zero-order chi connectivity index (χ0) is 13.2. The molecule has 3 aromatic heterocycles. The number of H-pyrrole nitrogens is 1. The van der Waals surface area contributed by atoms with Gasteiger partial charge in [0.25, 0.3) is 0 Å². The molecule has 8 heteroatoms. The van der Waals surface area contributed by atoms with Gasteiger partial charge in [-0.3, -0.25) is 0 Å². The Bertz CT molecular complexity index is 728. The second-order valence-corrected chi connectivity index (χ2v) is 4.98. The molecule has 6 nitrogen and oxygen atoms in total. The van der Waals surface area contributed by atoms with E-state index in [4.69, 9.17) is 11.6 Å². The van der Waals surface area contributed by atoms with Gasteiger partial charge in [0.1, 0.15) is 15.6 Å². The van der Waals surface area contributed by atoms with Crippen LogP contribution in [0.3, 0.4) is 0 Å². The second kappa shape index (κ2) is 5.02. The molecule has 3 heterocycles. The van der Waals surface area contributed by atoms with Crippen LogP contribution in [0.2, 0.25) is 5.02 Å². The fourth-order valence-corrected chi connectivity index (χ4v) is 2.61. The van der Waals surface area contributed by atoms with E-state index in [-0.39, 0.29) is 0 Å². The number of aromatic nitrogens is 5. The molecule has 0 aliphatic rings. The van der Waals surface area contributed by atoms with Gasteiger partial charge in [0, 0.05) is 13.2 Å². The first-order valence-corrected chi connectivity index (χ1v) is 6.64. The summed E-state index contributed by atoms with van der Waals surface area (Å²) in [4.78, 5) is 20.0. The zero-order valence-corrected chi connectivity index (χ0v) is 11.5. The normalized spacial score (nSPS) is 10.8. The monoisotopic (exact) mass is 292 g/mol. The number of aromatic amines is 1. The molecule has 0 aliphatic heterocycles. The highest BCUT2D eigenvalue weighted by molar-refractivity contribution is 7.99. The number of hydrogen-bond acceptors (Lipinski definition) is 6. The van der Waals surface area contributed by atoms with Crippen LogP contribution in [0.4, 0.5) is 5.95 Å². The van der Waals surface area contributed by atoms with Crippen molar-refractivity contribution in [1.29, 1.82) is 0 Å². The van der Waals surface area contributed by atoms with Gasteiger partial charge >= 0.3 is 0 Å². The number of nitrogens with zero attached hydrogens (tertiary/aromatic N) is 4. The predicted molar refractivity (Wildman–Crippen MR) is 74.6 cm³/mol. The Labute approximate surface area is 118 Å². The summed E-state index contributed by atoms with van der Waals surface area (Å²) in [5.41, 5.74) is 1.37. The molecule has 96 valence electrons.